The smallest absolute Gasteiger partial charge is 0.418 e. The number of benzene rings is 1. The molecule has 9 nitrogen and oxygen atoms in total. The molecule has 1 aromatic carbocycles. The second kappa shape index (κ2) is 11.5. The van der Waals surface area contributed by atoms with Crippen molar-refractivity contribution in [1.29, 1.82) is 0 Å². The number of carbonyl (C=O) groups is 3. The number of nitrogens with zero attached hydrogens (tertiary/aromatic N) is 2. The van der Waals surface area contributed by atoms with Crippen molar-refractivity contribution in [2.45, 2.75) is 83.2 Å². The third kappa shape index (κ3) is 6.82. The Bertz CT molecular complexity index is 1060. The zero-order valence-corrected chi connectivity index (χ0v) is 20.1. The average Bonchev–Trinajstić information content (AvgIpc) is 3.32. The van der Waals surface area contributed by atoms with Gasteiger partial charge in [-0.1, -0.05) is 39.5 Å². The quantitative estimate of drug-likeness (QED) is 0.461. The summed E-state index contributed by atoms with van der Waals surface area (Å²) >= 11 is 0. The van der Waals surface area contributed by atoms with Gasteiger partial charge in [0.15, 0.2) is 0 Å². The molecule has 2 aromatic rings. The second-order valence-electron chi connectivity index (χ2n) is 8.70. The van der Waals surface area contributed by atoms with Crippen molar-refractivity contribution >= 4 is 17.6 Å². The van der Waals surface area contributed by atoms with Gasteiger partial charge >= 0.3 is 6.36 Å². The lowest BCUT2D eigenvalue weighted by Crippen LogP contribution is -2.62. The summed E-state index contributed by atoms with van der Waals surface area (Å²) in [6.07, 6.45) is -0.502. The van der Waals surface area contributed by atoms with Crippen LogP contribution in [0.5, 0.6) is 5.75 Å². The van der Waals surface area contributed by atoms with Gasteiger partial charge in [-0.15, -0.1) is 23.4 Å². The molecular weight excluding hydrogens is 481 g/mol. The van der Waals surface area contributed by atoms with Gasteiger partial charge in [0.1, 0.15) is 11.3 Å². The number of hydrogen-bond acceptors (Lipinski definition) is 7. The van der Waals surface area contributed by atoms with Crippen LogP contribution in [-0.2, 0) is 11.2 Å². The molecule has 12 heteroatoms. The van der Waals surface area contributed by atoms with Crippen LogP contribution >= 0.6 is 0 Å². The zero-order chi connectivity index (χ0) is 26.3. The Balaban J connectivity index is 1.76. The molecule has 196 valence electrons. The lowest BCUT2D eigenvalue weighted by molar-refractivity contribution is -0.274. The fraction of sp³-hybridized carbons (Fsp3) is 0.542. The van der Waals surface area contributed by atoms with Crippen molar-refractivity contribution in [2.24, 2.45) is 0 Å². The molecule has 3 rings (SSSR count). The molecule has 1 aliphatic rings. The molecule has 0 unspecified atom stereocenters. The van der Waals surface area contributed by atoms with Crippen molar-refractivity contribution in [3.05, 3.63) is 41.6 Å². The predicted molar refractivity (Wildman–Crippen MR) is 121 cm³/mol. The van der Waals surface area contributed by atoms with Crippen molar-refractivity contribution < 1.29 is 36.7 Å². The molecular formula is C24H29F3N4O5. The molecule has 1 atom stereocenters. The molecule has 0 bridgehead atoms. The highest BCUT2D eigenvalue weighted by molar-refractivity contribution is 6.02. The summed E-state index contributed by atoms with van der Waals surface area (Å²) in [5.74, 6) is -1.97. The number of rotatable bonds is 10. The number of halogens is 3. The minimum Gasteiger partial charge on any atom is -0.418 e. The second-order valence-corrected chi connectivity index (χ2v) is 8.70. The normalized spacial score (nSPS) is 16.1. The first-order valence-electron chi connectivity index (χ1n) is 11.9. The van der Waals surface area contributed by atoms with Crippen LogP contribution in [0.1, 0.15) is 85.7 Å². The Morgan fingerprint density at radius 3 is 2.31 bits per heavy atom. The Labute approximate surface area is 206 Å². The van der Waals surface area contributed by atoms with Gasteiger partial charge in [0.2, 0.25) is 17.6 Å². The topological polar surface area (TPSA) is 123 Å². The Hall–Kier alpha value is -3.44. The molecule has 2 amide bonds. The van der Waals surface area contributed by atoms with Gasteiger partial charge < -0.3 is 19.8 Å². The molecule has 0 radical (unpaired) electrons. The van der Waals surface area contributed by atoms with E-state index in [0.717, 1.165) is 18.6 Å². The van der Waals surface area contributed by atoms with Crippen molar-refractivity contribution in [3.63, 3.8) is 0 Å². The Morgan fingerprint density at radius 1 is 1.08 bits per heavy atom. The van der Waals surface area contributed by atoms with Crippen molar-refractivity contribution in [3.8, 4) is 5.75 Å². The number of aryl methyl sites for hydroxylation is 1. The summed E-state index contributed by atoms with van der Waals surface area (Å²) in [5.41, 5.74) is -1.20. The summed E-state index contributed by atoms with van der Waals surface area (Å²) < 4.78 is 46.4. The standard InChI is InChI=1S/C24H29F3N4O5/c1-3-8-17(19(32)21-31-30-18(4-2)35-21)28-22(34)23(13-6-5-7-14-23)29-20(33)15-9-11-16(12-10-15)36-24(25,26)27/h9-12,17H,3-8,13-14H2,1-2H3,(H,28,34)(H,29,33)/t17-/m0/s1. The number of nitrogens with one attached hydrogen (secondary N) is 2. The third-order valence-electron chi connectivity index (χ3n) is 6.02. The van der Waals surface area contributed by atoms with Gasteiger partial charge in [0, 0.05) is 12.0 Å². The minimum atomic E-state index is -4.85. The van der Waals surface area contributed by atoms with Crippen LogP contribution in [0.3, 0.4) is 0 Å². The monoisotopic (exact) mass is 510 g/mol. The van der Waals surface area contributed by atoms with E-state index in [-0.39, 0.29) is 11.5 Å². The van der Waals surface area contributed by atoms with E-state index in [1.54, 1.807) is 6.92 Å². The maximum absolute atomic E-state index is 13.5. The summed E-state index contributed by atoms with van der Waals surface area (Å²) in [5, 5.41) is 13.1. The number of Topliss-reactive ketones (excluding diaryl/α,β-unsaturated/α-hetero) is 1. The zero-order valence-electron chi connectivity index (χ0n) is 20.1. The van der Waals surface area contributed by atoms with E-state index in [4.69, 9.17) is 4.42 Å². The van der Waals surface area contributed by atoms with Crippen LogP contribution in [0.25, 0.3) is 0 Å². The van der Waals surface area contributed by atoms with Gasteiger partial charge in [-0.2, -0.15) is 0 Å². The molecule has 1 aromatic heterocycles. The first-order valence-corrected chi connectivity index (χ1v) is 11.9. The number of alkyl halides is 3. The van der Waals surface area contributed by atoms with E-state index in [1.165, 1.54) is 12.1 Å². The van der Waals surface area contributed by atoms with Crippen molar-refractivity contribution in [1.82, 2.24) is 20.8 Å². The van der Waals surface area contributed by atoms with Gasteiger partial charge in [0.05, 0.1) is 6.04 Å². The number of carbonyl (C=O) groups excluding carboxylic acids is 3. The first-order chi connectivity index (χ1) is 17.1. The maximum atomic E-state index is 13.5. The summed E-state index contributed by atoms with van der Waals surface area (Å²) in [7, 11) is 0. The molecule has 2 N–H and O–H groups in total. The van der Waals surface area contributed by atoms with Crippen molar-refractivity contribution in [2.75, 3.05) is 0 Å². The minimum absolute atomic E-state index is 0.0708. The van der Waals surface area contributed by atoms with E-state index in [2.05, 4.69) is 25.6 Å². The molecule has 1 aliphatic carbocycles. The van der Waals surface area contributed by atoms with Crippen LogP contribution in [0.2, 0.25) is 0 Å². The molecule has 1 heterocycles. The molecule has 1 saturated carbocycles. The largest absolute Gasteiger partial charge is 0.573 e. The summed E-state index contributed by atoms with van der Waals surface area (Å²) in [6.45, 7) is 3.67. The number of hydrogen-bond donors (Lipinski definition) is 2. The Morgan fingerprint density at radius 2 is 1.75 bits per heavy atom. The van der Waals surface area contributed by atoms with Gasteiger partial charge in [-0.3, -0.25) is 14.4 Å². The summed E-state index contributed by atoms with van der Waals surface area (Å²) in [4.78, 5) is 39.4. The highest BCUT2D eigenvalue weighted by Gasteiger charge is 2.43. The number of amides is 2. The van der Waals surface area contributed by atoms with E-state index in [9.17, 15) is 27.6 Å². The van der Waals surface area contributed by atoms with E-state index >= 15 is 0 Å². The van der Waals surface area contributed by atoms with Gasteiger partial charge in [0.25, 0.3) is 11.8 Å². The number of ketones is 1. The number of aromatic nitrogens is 2. The average molecular weight is 511 g/mol. The first kappa shape index (κ1) is 27.2. The van der Waals surface area contributed by atoms with Gasteiger partial charge in [-0.05, 0) is 43.5 Å². The molecule has 0 aliphatic heterocycles. The van der Waals surface area contributed by atoms with E-state index < -0.39 is 41.3 Å². The molecule has 1 fully saturated rings. The van der Waals surface area contributed by atoms with Crippen LogP contribution in [-0.4, -0.2) is 45.7 Å². The van der Waals surface area contributed by atoms with Crippen LogP contribution in [0.4, 0.5) is 13.2 Å². The highest BCUT2D eigenvalue weighted by atomic mass is 19.4. The third-order valence-corrected chi connectivity index (χ3v) is 6.02. The van der Waals surface area contributed by atoms with Crippen LogP contribution in [0, 0.1) is 0 Å². The highest BCUT2D eigenvalue weighted by Crippen LogP contribution is 2.30. The fourth-order valence-electron chi connectivity index (χ4n) is 4.16. The SMILES string of the molecule is CCC[C@H](NC(=O)C1(NC(=O)c2ccc(OC(F)(F)F)cc2)CCCCC1)C(=O)c1nnc(CC)o1. The fourth-order valence-corrected chi connectivity index (χ4v) is 4.16. The molecule has 0 spiro atoms. The Kier molecular flexibility index (Phi) is 8.70. The predicted octanol–water partition coefficient (Wildman–Crippen LogP) is 4.13. The number of ether oxygens (including phenoxy) is 1. The van der Waals surface area contributed by atoms with E-state index in [1.807, 2.05) is 6.92 Å². The van der Waals surface area contributed by atoms with Crippen LogP contribution < -0.4 is 15.4 Å². The van der Waals surface area contributed by atoms with E-state index in [0.29, 0.717) is 50.8 Å². The molecule has 36 heavy (non-hydrogen) atoms. The van der Waals surface area contributed by atoms with Crippen LogP contribution in [0.15, 0.2) is 28.7 Å². The molecule has 0 saturated heterocycles. The summed E-state index contributed by atoms with van der Waals surface area (Å²) in [6, 6.07) is 3.52. The van der Waals surface area contributed by atoms with Gasteiger partial charge in [-0.25, -0.2) is 0 Å². The lowest BCUT2D eigenvalue weighted by Gasteiger charge is -2.37. The lowest BCUT2D eigenvalue weighted by atomic mass is 9.80. The maximum Gasteiger partial charge on any atom is 0.573 e.